The summed E-state index contributed by atoms with van der Waals surface area (Å²) in [5.74, 6) is 1.12. The fourth-order valence-electron chi connectivity index (χ4n) is 2.47. The first-order chi connectivity index (χ1) is 10.7. The summed E-state index contributed by atoms with van der Waals surface area (Å²) in [4.78, 5) is 11.6. The Balaban J connectivity index is 1.76. The number of hydrogen-bond acceptors (Lipinski definition) is 6. The SMILES string of the molecule is COc1ccc(Cc2nsc3c2[nH]c2nc(N)ncc23)cc1. The van der Waals surface area contributed by atoms with Gasteiger partial charge in [-0.3, -0.25) is 0 Å². The number of rotatable bonds is 3. The number of nitrogen functional groups attached to an aromatic ring is 1. The molecule has 0 aliphatic rings. The largest absolute Gasteiger partial charge is 0.497 e. The summed E-state index contributed by atoms with van der Waals surface area (Å²) in [5, 5.41) is 0.961. The molecule has 0 bridgehead atoms. The van der Waals surface area contributed by atoms with Gasteiger partial charge in [-0.25, -0.2) is 4.98 Å². The van der Waals surface area contributed by atoms with Crippen LogP contribution in [0.3, 0.4) is 0 Å². The van der Waals surface area contributed by atoms with Gasteiger partial charge < -0.3 is 15.5 Å². The first-order valence-corrected chi connectivity index (χ1v) is 7.53. The number of nitrogens with one attached hydrogen (secondary N) is 1. The van der Waals surface area contributed by atoms with E-state index in [0.717, 1.165) is 39.1 Å². The van der Waals surface area contributed by atoms with Gasteiger partial charge in [0, 0.05) is 12.6 Å². The average molecular weight is 311 g/mol. The molecule has 3 aromatic heterocycles. The van der Waals surface area contributed by atoms with Gasteiger partial charge in [0.05, 0.1) is 28.4 Å². The Kier molecular flexibility index (Phi) is 2.93. The van der Waals surface area contributed by atoms with Crippen molar-refractivity contribution in [2.45, 2.75) is 6.42 Å². The van der Waals surface area contributed by atoms with Crippen molar-refractivity contribution in [2.75, 3.05) is 12.8 Å². The van der Waals surface area contributed by atoms with E-state index in [1.807, 2.05) is 24.3 Å². The molecule has 4 rings (SSSR count). The van der Waals surface area contributed by atoms with Gasteiger partial charge in [-0.05, 0) is 29.2 Å². The molecule has 0 amide bonds. The predicted molar refractivity (Wildman–Crippen MR) is 87.3 cm³/mol. The molecule has 0 spiro atoms. The molecule has 1 aromatic carbocycles. The highest BCUT2D eigenvalue weighted by molar-refractivity contribution is 7.14. The molecular weight excluding hydrogens is 298 g/mol. The van der Waals surface area contributed by atoms with Crippen LogP contribution in [-0.4, -0.2) is 26.4 Å². The van der Waals surface area contributed by atoms with Gasteiger partial charge in [0.1, 0.15) is 11.4 Å². The summed E-state index contributed by atoms with van der Waals surface area (Å²) in [5.41, 5.74) is 9.58. The summed E-state index contributed by atoms with van der Waals surface area (Å²) in [6, 6.07) is 8.00. The Hall–Kier alpha value is -2.67. The highest BCUT2D eigenvalue weighted by Gasteiger charge is 2.14. The van der Waals surface area contributed by atoms with Crippen LogP contribution in [-0.2, 0) is 6.42 Å². The molecule has 0 saturated carbocycles. The van der Waals surface area contributed by atoms with E-state index >= 15 is 0 Å². The molecule has 110 valence electrons. The molecule has 0 aliphatic carbocycles. The van der Waals surface area contributed by atoms with E-state index < -0.39 is 0 Å². The standard InChI is InChI=1S/C15H13N5OS/c1-21-9-4-2-8(3-5-9)6-11-12-13(22-20-11)10-7-17-15(16)19-14(10)18-12/h2-5,7H,6H2,1H3,(H3,16,17,18,19). The van der Waals surface area contributed by atoms with Crippen LogP contribution in [0.15, 0.2) is 30.5 Å². The quantitative estimate of drug-likeness (QED) is 0.607. The van der Waals surface area contributed by atoms with Crippen LogP contribution in [0, 0.1) is 0 Å². The van der Waals surface area contributed by atoms with E-state index in [4.69, 9.17) is 10.5 Å². The molecule has 6 nitrogen and oxygen atoms in total. The van der Waals surface area contributed by atoms with Crippen LogP contribution in [0.2, 0.25) is 0 Å². The number of nitrogens with two attached hydrogens (primary N) is 1. The Morgan fingerprint density at radius 1 is 1.27 bits per heavy atom. The number of aromatic amines is 1. The highest BCUT2D eigenvalue weighted by atomic mass is 32.1. The number of nitrogens with zero attached hydrogens (tertiary/aromatic N) is 3. The first-order valence-electron chi connectivity index (χ1n) is 6.76. The molecule has 0 unspecified atom stereocenters. The Bertz CT molecular complexity index is 957. The zero-order chi connectivity index (χ0) is 15.1. The second kappa shape index (κ2) is 4.96. The zero-order valence-corrected chi connectivity index (χ0v) is 12.6. The summed E-state index contributed by atoms with van der Waals surface area (Å²) >= 11 is 1.46. The van der Waals surface area contributed by atoms with Gasteiger partial charge in [0.2, 0.25) is 5.95 Å². The van der Waals surface area contributed by atoms with Crippen LogP contribution in [0.4, 0.5) is 5.95 Å². The van der Waals surface area contributed by atoms with Crippen LogP contribution in [0.5, 0.6) is 5.75 Å². The van der Waals surface area contributed by atoms with Gasteiger partial charge in [-0.1, -0.05) is 12.1 Å². The molecule has 7 heteroatoms. The number of ether oxygens (including phenoxy) is 1. The molecule has 0 atom stereocenters. The minimum Gasteiger partial charge on any atom is -0.497 e. The average Bonchev–Trinajstić information content (AvgIpc) is 3.07. The third-order valence-corrected chi connectivity index (χ3v) is 4.51. The minimum absolute atomic E-state index is 0.270. The van der Waals surface area contributed by atoms with E-state index in [0.29, 0.717) is 0 Å². The van der Waals surface area contributed by atoms with Gasteiger partial charge >= 0.3 is 0 Å². The van der Waals surface area contributed by atoms with E-state index in [-0.39, 0.29) is 5.95 Å². The van der Waals surface area contributed by atoms with Crippen molar-refractivity contribution >= 4 is 38.7 Å². The van der Waals surface area contributed by atoms with Crippen LogP contribution in [0.1, 0.15) is 11.3 Å². The summed E-state index contributed by atoms with van der Waals surface area (Å²) < 4.78 is 10.8. The second-order valence-electron chi connectivity index (χ2n) is 4.97. The normalized spacial score (nSPS) is 11.3. The number of H-pyrrole nitrogens is 1. The molecule has 0 fully saturated rings. The molecule has 3 heterocycles. The van der Waals surface area contributed by atoms with E-state index in [2.05, 4.69) is 19.3 Å². The van der Waals surface area contributed by atoms with Crippen molar-refractivity contribution in [2.24, 2.45) is 0 Å². The van der Waals surface area contributed by atoms with Crippen molar-refractivity contribution in [3.63, 3.8) is 0 Å². The summed E-state index contributed by atoms with van der Waals surface area (Å²) in [6.45, 7) is 0. The Morgan fingerprint density at radius 2 is 2.09 bits per heavy atom. The third kappa shape index (κ3) is 2.06. The Morgan fingerprint density at radius 3 is 2.86 bits per heavy atom. The summed E-state index contributed by atoms with van der Waals surface area (Å²) in [6.07, 6.45) is 2.49. The van der Waals surface area contributed by atoms with Gasteiger partial charge in [0.15, 0.2) is 0 Å². The molecular formula is C15H13N5OS. The number of fused-ring (bicyclic) bond motifs is 3. The number of methoxy groups -OCH3 is 1. The third-order valence-electron chi connectivity index (χ3n) is 3.59. The second-order valence-corrected chi connectivity index (χ2v) is 5.75. The topological polar surface area (TPSA) is 89.7 Å². The van der Waals surface area contributed by atoms with Crippen molar-refractivity contribution in [3.05, 3.63) is 41.7 Å². The van der Waals surface area contributed by atoms with Gasteiger partial charge in [-0.2, -0.15) is 9.36 Å². The van der Waals surface area contributed by atoms with Crippen molar-refractivity contribution in [1.29, 1.82) is 0 Å². The van der Waals surface area contributed by atoms with E-state index in [1.165, 1.54) is 17.1 Å². The van der Waals surface area contributed by atoms with Crippen molar-refractivity contribution in [3.8, 4) is 5.75 Å². The molecule has 4 aromatic rings. The highest BCUT2D eigenvalue weighted by Crippen LogP contribution is 2.31. The maximum Gasteiger partial charge on any atom is 0.221 e. The first kappa shape index (κ1) is 13.0. The number of benzene rings is 1. The number of anilines is 1. The van der Waals surface area contributed by atoms with Crippen LogP contribution < -0.4 is 10.5 Å². The van der Waals surface area contributed by atoms with Gasteiger partial charge in [-0.15, -0.1) is 0 Å². The van der Waals surface area contributed by atoms with Crippen molar-refractivity contribution < 1.29 is 4.74 Å². The lowest BCUT2D eigenvalue weighted by Crippen LogP contribution is -1.93. The fourth-order valence-corrected chi connectivity index (χ4v) is 3.33. The van der Waals surface area contributed by atoms with Crippen molar-refractivity contribution in [1.82, 2.24) is 19.3 Å². The van der Waals surface area contributed by atoms with E-state index in [9.17, 15) is 0 Å². The fraction of sp³-hybridized carbons (Fsp3) is 0.133. The summed E-state index contributed by atoms with van der Waals surface area (Å²) in [7, 11) is 1.66. The monoisotopic (exact) mass is 311 g/mol. The molecule has 0 saturated heterocycles. The lowest BCUT2D eigenvalue weighted by atomic mass is 10.1. The lowest BCUT2D eigenvalue weighted by molar-refractivity contribution is 0.414. The smallest absolute Gasteiger partial charge is 0.221 e. The predicted octanol–water partition coefficient (Wildman–Crippen LogP) is 2.75. The molecule has 3 N–H and O–H groups in total. The van der Waals surface area contributed by atoms with Crippen LogP contribution >= 0.6 is 11.5 Å². The number of hydrogen-bond donors (Lipinski definition) is 2. The molecule has 22 heavy (non-hydrogen) atoms. The van der Waals surface area contributed by atoms with Crippen LogP contribution in [0.25, 0.3) is 21.3 Å². The minimum atomic E-state index is 0.270. The van der Waals surface area contributed by atoms with Gasteiger partial charge in [0.25, 0.3) is 0 Å². The Labute approximate surface area is 130 Å². The maximum atomic E-state index is 5.64. The molecule has 0 aliphatic heterocycles. The number of aromatic nitrogens is 4. The lowest BCUT2D eigenvalue weighted by Gasteiger charge is -2.01. The van der Waals surface area contributed by atoms with E-state index in [1.54, 1.807) is 13.3 Å². The molecule has 0 radical (unpaired) electrons. The zero-order valence-electron chi connectivity index (χ0n) is 11.8. The maximum absolute atomic E-state index is 5.64.